The van der Waals surface area contributed by atoms with Crippen LogP contribution in [0.4, 0.5) is 5.69 Å². The van der Waals surface area contributed by atoms with Crippen molar-refractivity contribution in [2.75, 3.05) is 5.32 Å². The highest BCUT2D eigenvalue weighted by Gasteiger charge is 2.27. The van der Waals surface area contributed by atoms with Gasteiger partial charge in [-0.05, 0) is 35.2 Å². The van der Waals surface area contributed by atoms with Crippen LogP contribution in [0.3, 0.4) is 0 Å². The average Bonchev–Trinajstić information content (AvgIpc) is 2.97. The van der Waals surface area contributed by atoms with Gasteiger partial charge in [0.25, 0.3) is 0 Å². The van der Waals surface area contributed by atoms with E-state index in [1.54, 1.807) is 11.3 Å². The van der Waals surface area contributed by atoms with Crippen molar-refractivity contribution in [3.63, 3.8) is 0 Å². The number of carbonyl (C=O) groups is 1. The molecule has 0 bridgehead atoms. The van der Waals surface area contributed by atoms with Crippen molar-refractivity contribution < 1.29 is 4.79 Å². The van der Waals surface area contributed by atoms with Gasteiger partial charge in [0.2, 0.25) is 5.91 Å². The van der Waals surface area contributed by atoms with Gasteiger partial charge in [0.1, 0.15) is 0 Å². The van der Waals surface area contributed by atoms with Gasteiger partial charge >= 0.3 is 0 Å². The van der Waals surface area contributed by atoms with Crippen LogP contribution < -0.4 is 11.1 Å². The van der Waals surface area contributed by atoms with Gasteiger partial charge in [-0.3, -0.25) is 4.79 Å². The van der Waals surface area contributed by atoms with Crippen molar-refractivity contribution in [1.82, 2.24) is 4.98 Å². The fourth-order valence-electron chi connectivity index (χ4n) is 2.49. The first kappa shape index (κ1) is 17.6. The van der Waals surface area contributed by atoms with E-state index >= 15 is 0 Å². The third-order valence-corrected chi connectivity index (χ3v) is 5.17. The minimum Gasteiger partial charge on any atom is -0.325 e. The number of amides is 1. The van der Waals surface area contributed by atoms with Crippen LogP contribution in [0.2, 0.25) is 0 Å². The number of anilines is 1. The first-order valence-corrected chi connectivity index (χ1v) is 9.14. The maximum absolute atomic E-state index is 12.2. The molecule has 3 rings (SSSR count). The SMILES string of the molecule is CC(C)(C)[C@H](N)C(=O)Nc1ccc(Cc2nc3ccccc3s2)cc1. The molecule has 0 aliphatic heterocycles. The van der Waals surface area contributed by atoms with Crippen LogP contribution in [-0.4, -0.2) is 16.9 Å². The van der Waals surface area contributed by atoms with Crippen molar-refractivity contribution >= 4 is 33.1 Å². The van der Waals surface area contributed by atoms with E-state index in [2.05, 4.69) is 16.4 Å². The number of thiazole rings is 1. The van der Waals surface area contributed by atoms with Crippen LogP contribution in [0.25, 0.3) is 10.2 Å². The van der Waals surface area contributed by atoms with Crippen LogP contribution in [0.1, 0.15) is 31.3 Å². The van der Waals surface area contributed by atoms with Gasteiger partial charge in [-0.25, -0.2) is 4.98 Å². The number of nitrogens with zero attached hydrogens (tertiary/aromatic N) is 1. The molecule has 3 aromatic rings. The maximum Gasteiger partial charge on any atom is 0.241 e. The average molecular weight is 353 g/mol. The number of para-hydroxylation sites is 1. The van der Waals surface area contributed by atoms with Crippen LogP contribution >= 0.6 is 11.3 Å². The lowest BCUT2D eigenvalue weighted by molar-refractivity contribution is -0.119. The van der Waals surface area contributed by atoms with Gasteiger partial charge in [0, 0.05) is 12.1 Å². The Hall–Kier alpha value is -2.24. The number of fused-ring (bicyclic) bond motifs is 1. The molecular formula is C20H23N3OS. The number of hydrogen-bond acceptors (Lipinski definition) is 4. The third kappa shape index (κ3) is 4.24. The van der Waals surface area contributed by atoms with Crippen LogP contribution in [0.5, 0.6) is 0 Å². The topological polar surface area (TPSA) is 68.0 Å². The molecule has 1 aromatic heterocycles. The van der Waals surface area contributed by atoms with Crippen LogP contribution in [0.15, 0.2) is 48.5 Å². The molecule has 0 spiro atoms. The molecule has 25 heavy (non-hydrogen) atoms. The Balaban J connectivity index is 1.67. The van der Waals surface area contributed by atoms with Gasteiger partial charge in [0.15, 0.2) is 0 Å². The lowest BCUT2D eigenvalue weighted by atomic mass is 9.87. The van der Waals surface area contributed by atoms with E-state index in [4.69, 9.17) is 5.73 Å². The molecule has 1 atom stereocenters. The molecule has 5 heteroatoms. The number of nitrogens with one attached hydrogen (secondary N) is 1. The quantitative estimate of drug-likeness (QED) is 0.739. The number of hydrogen-bond donors (Lipinski definition) is 2. The predicted molar refractivity (Wildman–Crippen MR) is 105 cm³/mol. The number of rotatable bonds is 4. The van der Waals surface area contributed by atoms with Crippen molar-refractivity contribution in [2.45, 2.75) is 33.2 Å². The van der Waals surface area contributed by atoms with E-state index in [9.17, 15) is 4.79 Å². The molecule has 130 valence electrons. The number of aromatic nitrogens is 1. The van der Waals surface area contributed by atoms with Crippen molar-refractivity contribution in [1.29, 1.82) is 0 Å². The normalized spacial score (nSPS) is 13.0. The molecule has 1 heterocycles. The molecule has 0 fully saturated rings. The van der Waals surface area contributed by atoms with E-state index in [1.807, 2.05) is 63.2 Å². The standard InChI is InChI=1S/C20H23N3OS/c1-20(2,3)18(21)19(24)22-14-10-8-13(9-11-14)12-17-23-15-6-4-5-7-16(15)25-17/h4-11,18H,12,21H2,1-3H3,(H,22,24)/t18-/m1/s1. The highest BCUT2D eigenvalue weighted by atomic mass is 32.1. The zero-order valence-electron chi connectivity index (χ0n) is 14.7. The van der Waals surface area contributed by atoms with Gasteiger partial charge in [-0.2, -0.15) is 0 Å². The first-order valence-electron chi connectivity index (χ1n) is 8.33. The summed E-state index contributed by atoms with van der Waals surface area (Å²) < 4.78 is 1.21. The Labute approximate surface area is 152 Å². The van der Waals surface area contributed by atoms with Crippen LogP contribution in [0, 0.1) is 5.41 Å². The minimum absolute atomic E-state index is 0.161. The number of nitrogens with two attached hydrogens (primary N) is 1. The molecule has 1 amide bonds. The van der Waals surface area contributed by atoms with Crippen molar-refractivity contribution in [3.8, 4) is 0 Å². The summed E-state index contributed by atoms with van der Waals surface area (Å²) >= 11 is 1.72. The Bertz CT molecular complexity index is 845. The monoisotopic (exact) mass is 353 g/mol. The second-order valence-corrected chi connectivity index (χ2v) is 8.40. The fraction of sp³-hybridized carbons (Fsp3) is 0.300. The number of carbonyl (C=O) groups excluding carboxylic acids is 1. The first-order chi connectivity index (χ1) is 11.8. The van der Waals surface area contributed by atoms with E-state index in [0.29, 0.717) is 0 Å². The summed E-state index contributed by atoms with van der Waals surface area (Å²) in [6.45, 7) is 5.87. The highest BCUT2D eigenvalue weighted by Crippen LogP contribution is 2.24. The zero-order valence-corrected chi connectivity index (χ0v) is 15.6. The summed E-state index contributed by atoms with van der Waals surface area (Å²) in [5.41, 5.74) is 8.70. The lowest BCUT2D eigenvalue weighted by Gasteiger charge is -2.25. The molecular weight excluding hydrogens is 330 g/mol. The summed E-state index contributed by atoms with van der Waals surface area (Å²) in [6, 6.07) is 15.5. The Morgan fingerprint density at radius 1 is 1.16 bits per heavy atom. The molecule has 2 aromatic carbocycles. The molecule has 0 saturated carbocycles. The predicted octanol–water partition coefficient (Wildman–Crippen LogP) is 4.20. The smallest absolute Gasteiger partial charge is 0.241 e. The second-order valence-electron chi connectivity index (χ2n) is 7.28. The maximum atomic E-state index is 12.2. The Morgan fingerprint density at radius 3 is 2.48 bits per heavy atom. The summed E-state index contributed by atoms with van der Waals surface area (Å²) in [5, 5.41) is 3.97. The molecule has 4 nitrogen and oxygen atoms in total. The molecule has 0 aliphatic carbocycles. The summed E-state index contributed by atoms with van der Waals surface area (Å²) in [7, 11) is 0. The van der Waals surface area contributed by atoms with Crippen molar-refractivity contribution in [3.05, 3.63) is 59.1 Å². The number of benzene rings is 2. The van der Waals surface area contributed by atoms with Gasteiger partial charge in [0.05, 0.1) is 21.3 Å². The third-order valence-electron chi connectivity index (χ3n) is 4.13. The molecule has 0 radical (unpaired) electrons. The van der Waals surface area contributed by atoms with E-state index < -0.39 is 6.04 Å². The summed E-state index contributed by atoms with van der Waals surface area (Å²) in [6.07, 6.45) is 0.787. The second kappa shape index (κ2) is 6.94. The highest BCUT2D eigenvalue weighted by molar-refractivity contribution is 7.18. The summed E-state index contributed by atoms with van der Waals surface area (Å²) in [5.74, 6) is -0.161. The fourth-order valence-corrected chi connectivity index (χ4v) is 3.49. The molecule has 0 unspecified atom stereocenters. The van der Waals surface area contributed by atoms with E-state index in [0.717, 1.165) is 28.2 Å². The largest absolute Gasteiger partial charge is 0.325 e. The van der Waals surface area contributed by atoms with Gasteiger partial charge in [-0.15, -0.1) is 11.3 Å². The van der Waals surface area contributed by atoms with E-state index in [1.165, 1.54) is 4.70 Å². The minimum atomic E-state index is -0.546. The van der Waals surface area contributed by atoms with Gasteiger partial charge in [-0.1, -0.05) is 45.0 Å². The lowest BCUT2D eigenvalue weighted by Crippen LogP contribution is -2.45. The molecule has 0 saturated heterocycles. The van der Waals surface area contributed by atoms with Crippen LogP contribution in [-0.2, 0) is 11.2 Å². The molecule has 0 aliphatic rings. The Kier molecular flexibility index (Phi) is 4.88. The summed E-state index contributed by atoms with van der Waals surface area (Å²) in [4.78, 5) is 16.9. The molecule has 3 N–H and O–H groups in total. The zero-order chi connectivity index (χ0) is 18.0. The van der Waals surface area contributed by atoms with Crippen molar-refractivity contribution in [2.24, 2.45) is 11.1 Å². The Morgan fingerprint density at radius 2 is 1.84 bits per heavy atom. The van der Waals surface area contributed by atoms with E-state index in [-0.39, 0.29) is 11.3 Å². The van der Waals surface area contributed by atoms with Gasteiger partial charge < -0.3 is 11.1 Å².